The summed E-state index contributed by atoms with van der Waals surface area (Å²) >= 11 is 12.6. The van der Waals surface area contributed by atoms with Crippen molar-refractivity contribution in [3.8, 4) is 17.2 Å². The van der Waals surface area contributed by atoms with Gasteiger partial charge in [0.05, 0.1) is 23.4 Å². The molecule has 0 amide bonds. The summed E-state index contributed by atoms with van der Waals surface area (Å²) in [5.41, 5.74) is 3.34. The molecule has 0 radical (unpaired) electrons. The number of anilines is 1. The molecular formula is C23H19Cl2N3O2. The number of hydrogen-bond acceptors (Lipinski definition) is 5. The van der Waals surface area contributed by atoms with Gasteiger partial charge in [0.1, 0.15) is 11.8 Å². The zero-order valence-corrected chi connectivity index (χ0v) is 17.9. The van der Waals surface area contributed by atoms with Crippen LogP contribution in [0.2, 0.25) is 10.0 Å². The smallest absolute Gasteiger partial charge is 0.249 e. The summed E-state index contributed by atoms with van der Waals surface area (Å²) < 4.78 is 11.5. The first-order chi connectivity index (χ1) is 14.6. The maximum absolute atomic E-state index is 6.29. The monoisotopic (exact) mass is 439 g/mol. The van der Waals surface area contributed by atoms with Gasteiger partial charge in [-0.3, -0.25) is 0 Å². The zero-order valence-electron chi connectivity index (χ0n) is 16.4. The summed E-state index contributed by atoms with van der Waals surface area (Å²) in [7, 11) is 1.60. The molecule has 0 aliphatic carbocycles. The van der Waals surface area contributed by atoms with Crippen LogP contribution in [0, 0.1) is 6.92 Å². The molecule has 1 aromatic heterocycles. The van der Waals surface area contributed by atoms with Crippen LogP contribution in [-0.2, 0) is 0 Å². The fraction of sp³-hybridized carbons (Fsp3) is 0.130. The van der Waals surface area contributed by atoms with Gasteiger partial charge in [0, 0.05) is 11.1 Å². The predicted octanol–water partition coefficient (Wildman–Crippen LogP) is 6.56. The highest BCUT2D eigenvalue weighted by Gasteiger charge is 2.23. The van der Waals surface area contributed by atoms with Crippen molar-refractivity contribution in [2.24, 2.45) is 0 Å². The fourth-order valence-electron chi connectivity index (χ4n) is 3.13. The largest absolute Gasteiger partial charge is 0.495 e. The lowest BCUT2D eigenvalue weighted by Crippen LogP contribution is -2.13. The van der Waals surface area contributed by atoms with Gasteiger partial charge in [-0.05, 0) is 36.2 Å². The Kier molecular flexibility index (Phi) is 5.93. The van der Waals surface area contributed by atoms with Crippen molar-refractivity contribution >= 4 is 28.9 Å². The van der Waals surface area contributed by atoms with Crippen molar-refractivity contribution < 1.29 is 9.15 Å². The van der Waals surface area contributed by atoms with E-state index in [9.17, 15) is 0 Å². The number of nitrogens with zero attached hydrogens (tertiary/aromatic N) is 2. The molecule has 1 heterocycles. The molecule has 4 aromatic rings. The van der Waals surface area contributed by atoms with E-state index in [1.165, 1.54) is 0 Å². The van der Waals surface area contributed by atoms with E-state index in [4.69, 9.17) is 32.4 Å². The molecule has 152 valence electrons. The Bertz CT molecular complexity index is 1160. The fourth-order valence-corrected chi connectivity index (χ4v) is 3.50. The maximum atomic E-state index is 6.29. The number of aromatic nitrogens is 2. The van der Waals surface area contributed by atoms with Crippen molar-refractivity contribution in [1.82, 2.24) is 10.2 Å². The van der Waals surface area contributed by atoms with E-state index < -0.39 is 6.04 Å². The quantitative estimate of drug-likeness (QED) is 0.368. The van der Waals surface area contributed by atoms with E-state index in [2.05, 4.69) is 15.5 Å². The molecule has 0 saturated carbocycles. The molecule has 0 saturated heterocycles. The van der Waals surface area contributed by atoms with Gasteiger partial charge in [-0.25, -0.2) is 0 Å². The van der Waals surface area contributed by atoms with Crippen LogP contribution < -0.4 is 10.1 Å². The first-order valence-corrected chi connectivity index (χ1v) is 10.1. The summed E-state index contributed by atoms with van der Waals surface area (Å²) in [6, 6.07) is 20.5. The van der Waals surface area contributed by atoms with Gasteiger partial charge >= 0.3 is 0 Å². The maximum Gasteiger partial charge on any atom is 0.249 e. The average molecular weight is 440 g/mol. The summed E-state index contributed by atoms with van der Waals surface area (Å²) in [6.07, 6.45) is 0. The van der Waals surface area contributed by atoms with Gasteiger partial charge in [0.2, 0.25) is 11.8 Å². The van der Waals surface area contributed by atoms with E-state index in [-0.39, 0.29) is 0 Å². The van der Waals surface area contributed by atoms with Gasteiger partial charge in [-0.1, -0.05) is 65.7 Å². The molecule has 0 aliphatic rings. The van der Waals surface area contributed by atoms with Crippen LogP contribution in [0.25, 0.3) is 11.5 Å². The summed E-state index contributed by atoms with van der Waals surface area (Å²) in [5, 5.41) is 13.2. The van der Waals surface area contributed by atoms with Crippen LogP contribution in [-0.4, -0.2) is 17.3 Å². The minimum atomic E-state index is -0.399. The van der Waals surface area contributed by atoms with Crippen molar-refractivity contribution in [1.29, 1.82) is 0 Å². The number of hydrogen-bond donors (Lipinski definition) is 1. The number of rotatable bonds is 6. The molecule has 30 heavy (non-hydrogen) atoms. The number of halogens is 2. The van der Waals surface area contributed by atoms with Crippen LogP contribution in [0.15, 0.2) is 71.1 Å². The first kappa shape index (κ1) is 20.3. The normalized spacial score (nSPS) is 11.9. The van der Waals surface area contributed by atoms with Crippen molar-refractivity contribution in [3.63, 3.8) is 0 Å². The second-order valence-electron chi connectivity index (χ2n) is 6.72. The van der Waals surface area contributed by atoms with Crippen LogP contribution in [0.4, 0.5) is 5.69 Å². The molecule has 0 unspecified atom stereocenters. The summed E-state index contributed by atoms with van der Waals surface area (Å²) in [4.78, 5) is 0. The Labute approximate surface area is 184 Å². The standard InChI is InChI=1S/C23H19Cl2N3O2/c1-14-12-19(20(29-2)13-18(14)25)26-21(15-8-4-3-5-9-15)23-28-27-22(30-23)16-10-6-7-11-17(16)24/h3-13,21,26H,1-2H3/t21-/m0/s1. The molecule has 4 rings (SSSR count). The molecule has 0 spiro atoms. The third-order valence-corrected chi connectivity index (χ3v) is 5.44. The lowest BCUT2D eigenvalue weighted by molar-refractivity contribution is 0.415. The Morgan fingerprint density at radius 2 is 1.67 bits per heavy atom. The van der Waals surface area contributed by atoms with Crippen LogP contribution in [0.5, 0.6) is 5.75 Å². The van der Waals surface area contributed by atoms with Crippen LogP contribution in [0.1, 0.15) is 23.1 Å². The topological polar surface area (TPSA) is 60.2 Å². The highest BCUT2D eigenvalue weighted by molar-refractivity contribution is 6.33. The van der Waals surface area contributed by atoms with Gasteiger partial charge in [-0.2, -0.15) is 0 Å². The number of benzene rings is 3. The van der Waals surface area contributed by atoms with E-state index in [0.29, 0.717) is 33.1 Å². The average Bonchev–Trinajstić information content (AvgIpc) is 3.24. The van der Waals surface area contributed by atoms with Gasteiger partial charge in [0.15, 0.2) is 0 Å². The Morgan fingerprint density at radius 1 is 0.933 bits per heavy atom. The summed E-state index contributed by atoms with van der Waals surface area (Å²) in [6.45, 7) is 1.94. The molecule has 5 nitrogen and oxygen atoms in total. The van der Waals surface area contributed by atoms with Crippen molar-refractivity contribution in [2.45, 2.75) is 13.0 Å². The van der Waals surface area contributed by atoms with Gasteiger partial charge in [0.25, 0.3) is 0 Å². The Balaban J connectivity index is 1.76. The number of methoxy groups -OCH3 is 1. The van der Waals surface area contributed by atoms with Gasteiger partial charge < -0.3 is 14.5 Å². The van der Waals surface area contributed by atoms with Crippen molar-refractivity contribution in [2.75, 3.05) is 12.4 Å². The minimum Gasteiger partial charge on any atom is -0.495 e. The highest BCUT2D eigenvalue weighted by atomic mass is 35.5. The Morgan fingerprint density at radius 3 is 2.40 bits per heavy atom. The Hall–Kier alpha value is -3.02. The summed E-state index contributed by atoms with van der Waals surface area (Å²) in [5.74, 6) is 1.39. The van der Waals surface area contributed by atoms with Crippen LogP contribution in [0.3, 0.4) is 0 Å². The minimum absolute atomic E-state index is 0.359. The second-order valence-corrected chi connectivity index (χ2v) is 7.53. The number of nitrogens with one attached hydrogen (secondary N) is 1. The zero-order chi connectivity index (χ0) is 21.1. The van der Waals surface area contributed by atoms with E-state index in [1.54, 1.807) is 19.2 Å². The number of ether oxygens (including phenoxy) is 1. The van der Waals surface area contributed by atoms with E-state index in [0.717, 1.165) is 16.8 Å². The lowest BCUT2D eigenvalue weighted by Gasteiger charge is -2.20. The van der Waals surface area contributed by atoms with Crippen LogP contribution >= 0.6 is 23.2 Å². The molecule has 7 heteroatoms. The number of aryl methyl sites for hydroxylation is 1. The molecule has 1 atom stereocenters. The molecule has 1 N–H and O–H groups in total. The third-order valence-electron chi connectivity index (χ3n) is 4.71. The van der Waals surface area contributed by atoms with E-state index in [1.807, 2.05) is 61.5 Å². The molecular weight excluding hydrogens is 421 g/mol. The lowest BCUT2D eigenvalue weighted by atomic mass is 10.1. The highest BCUT2D eigenvalue weighted by Crippen LogP contribution is 2.36. The molecule has 3 aromatic carbocycles. The van der Waals surface area contributed by atoms with Crippen molar-refractivity contribution in [3.05, 3.63) is 93.8 Å². The second kappa shape index (κ2) is 8.78. The first-order valence-electron chi connectivity index (χ1n) is 9.30. The predicted molar refractivity (Wildman–Crippen MR) is 119 cm³/mol. The SMILES string of the molecule is COc1cc(Cl)c(C)cc1N[C@@H](c1ccccc1)c1nnc(-c2ccccc2Cl)o1. The molecule has 0 aliphatic heterocycles. The van der Waals surface area contributed by atoms with E-state index >= 15 is 0 Å². The molecule has 0 bridgehead atoms. The molecule has 0 fully saturated rings. The third kappa shape index (κ3) is 4.13. The van der Waals surface area contributed by atoms with Gasteiger partial charge in [-0.15, -0.1) is 10.2 Å².